The van der Waals surface area contributed by atoms with E-state index < -0.39 is 0 Å². The molecule has 2 aliphatic rings. The Balaban J connectivity index is 1.86. The molecule has 1 aromatic rings. The second kappa shape index (κ2) is 5.36. The van der Waals surface area contributed by atoms with Gasteiger partial charge in [-0.2, -0.15) is 0 Å². The lowest BCUT2D eigenvalue weighted by Gasteiger charge is -2.41. The Labute approximate surface area is 120 Å². The molecule has 0 aromatic heterocycles. The third-order valence-electron chi connectivity index (χ3n) is 5.12. The van der Waals surface area contributed by atoms with Gasteiger partial charge < -0.3 is 10.5 Å². The van der Waals surface area contributed by atoms with Crippen LogP contribution in [0.5, 0.6) is 5.75 Å². The molecule has 3 rings (SSSR count). The van der Waals surface area contributed by atoms with Crippen LogP contribution in [-0.2, 0) is 0 Å². The normalized spacial score (nSPS) is 33.4. The Morgan fingerprint density at radius 1 is 1.35 bits per heavy atom. The second-order valence-corrected chi connectivity index (χ2v) is 6.48. The molecule has 20 heavy (non-hydrogen) atoms. The van der Waals surface area contributed by atoms with E-state index in [2.05, 4.69) is 6.92 Å². The van der Waals surface area contributed by atoms with Crippen LogP contribution in [0.25, 0.3) is 0 Å². The van der Waals surface area contributed by atoms with E-state index in [-0.39, 0.29) is 17.5 Å². The van der Waals surface area contributed by atoms with Crippen LogP contribution in [0, 0.1) is 11.7 Å². The summed E-state index contributed by atoms with van der Waals surface area (Å²) in [7, 11) is 0. The molecule has 2 unspecified atom stereocenters. The van der Waals surface area contributed by atoms with Crippen LogP contribution < -0.4 is 10.5 Å². The Hall–Kier alpha value is -1.09. The fourth-order valence-corrected chi connectivity index (χ4v) is 3.85. The number of fused-ring (bicyclic) bond motifs is 1. The maximum absolute atomic E-state index is 13.5. The number of ether oxygens (including phenoxy) is 1. The van der Waals surface area contributed by atoms with Gasteiger partial charge in [0.15, 0.2) is 0 Å². The molecule has 1 spiro atoms. The molecule has 3 heteroatoms. The van der Waals surface area contributed by atoms with Crippen LogP contribution in [-0.4, -0.2) is 5.60 Å². The lowest BCUT2D eigenvalue weighted by atomic mass is 9.82. The van der Waals surface area contributed by atoms with E-state index >= 15 is 0 Å². The summed E-state index contributed by atoms with van der Waals surface area (Å²) < 4.78 is 19.7. The highest BCUT2D eigenvalue weighted by Crippen LogP contribution is 2.45. The molecule has 1 aliphatic heterocycles. The van der Waals surface area contributed by atoms with Gasteiger partial charge in [-0.3, -0.25) is 0 Å². The van der Waals surface area contributed by atoms with Gasteiger partial charge in [-0.25, -0.2) is 4.39 Å². The summed E-state index contributed by atoms with van der Waals surface area (Å²) in [5, 5.41) is 0. The second-order valence-electron chi connectivity index (χ2n) is 6.48. The van der Waals surface area contributed by atoms with Gasteiger partial charge in [0.05, 0.1) is 0 Å². The fourth-order valence-electron chi connectivity index (χ4n) is 3.85. The quantitative estimate of drug-likeness (QED) is 0.829. The molecule has 1 aromatic carbocycles. The average molecular weight is 277 g/mol. The zero-order valence-corrected chi connectivity index (χ0v) is 12.2. The van der Waals surface area contributed by atoms with Gasteiger partial charge in [0.1, 0.15) is 17.2 Å². The van der Waals surface area contributed by atoms with Crippen LogP contribution in [0.1, 0.15) is 63.5 Å². The molecule has 3 atom stereocenters. The molecule has 0 saturated heterocycles. The van der Waals surface area contributed by atoms with Gasteiger partial charge in [0, 0.05) is 24.1 Å². The van der Waals surface area contributed by atoms with Crippen molar-refractivity contribution in [3.8, 4) is 5.75 Å². The number of nitrogens with two attached hydrogens (primary N) is 1. The predicted octanol–water partition coefficient (Wildman–Crippen LogP) is 4.34. The zero-order valence-electron chi connectivity index (χ0n) is 12.2. The van der Waals surface area contributed by atoms with E-state index in [0.29, 0.717) is 5.75 Å². The van der Waals surface area contributed by atoms with Gasteiger partial charge >= 0.3 is 0 Å². The minimum Gasteiger partial charge on any atom is -0.487 e. The van der Waals surface area contributed by atoms with Crippen LogP contribution in [0.3, 0.4) is 0 Å². The first-order chi connectivity index (χ1) is 9.62. The maximum atomic E-state index is 13.5. The SMILES string of the molecule is CCC1CCCC2(CC1)C[C@@H](N)c1ccc(F)cc1O2. The van der Waals surface area contributed by atoms with Gasteiger partial charge in [-0.1, -0.05) is 25.8 Å². The van der Waals surface area contributed by atoms with E-state index in [1.54, 1.807) is 6.07 Å². The molecule has 1 saturated carbocycles. The highest BCUT2D eigenvalue weighted by Gasteiger charge is 2.41. The summed E-state index contributed by atoms with van der Waals surface area (Å²) >= 11 is 0. The van der Waals surface area contributed by atoms with Crippen molar-refractivity contribution in [3.05, 3.63) is 29.6 Å². The van der Waals surface area contributed by atoms with Crippen molar-refractivity contribution in [3.63, 3.8) is 0 Å². The molecular weight excluding hydrogens is 253 g/mol. The van der Waals surface area contributed by atoms with Crippen LogP contribution in [0.15, 0.2) is 18.2 Å². The summed E-state index contributed by atoms with van der Waals surface area (Å²) in [6.07, 6.45) is 7.88. The Bertz CT molecular complexity index is 490. The first-order valence-electron chi connectivity index (χ1n) is 7.86. The molecule has 2 N–H and O–H groups in total. The standard InChI is InChI=1S/C17H24FNO/c1-2-12-4-3-8-17(9-7-12)11-15(19)14-6-5-13(18)10-16(14)20-17/h5-6,10,12,15H,2-4,7-9,11,19H2,1H3/t12?,15-,17?/m1/s1. The van der Waals surface area contributed by atoms with Crippen molar-refractivity contribution in [1.82, 2.24) is 0 Å². The smallest absolute Gasteiger partial charge is 0.127 e. The van der Waals surface area contributed by atoms with Crippen molar-refractivity contribution >= 4 is 0 Å². The molecule has 1 heterocycles. The van der Waals surface area contributed by atoms with E-state index in [0.717, 1.165) is 30.7 Å². The molecule has 0 radical (unpaired) electrons. The number of hydrogen-bond acceptors (Lipinski definition) is 2. The minimum atomic E-state index is -0.243. The topological polar surface area (TPSA) is 35.2 Å². The third kappa shape index (κ3) is 2.56. The molecule has 1 fully saturated rings. The van der Waals surface area contributed by atoms with Crippen LogP contribution >= 0.6 is 0 Å². The highest BCUT2D eigenvalue weighted by molar-refractivity contribution is 5.39. The lowest BCUT2D eigenvalue weighted by molar-refractivity contribution is 0.0200. The average Bonchev–Trinajstić information content (AvgIpc) is 2.60. The number of rotatable bonds is 1. The molecule has 1 aliphatic carbocycles. The predicted molar refractivity (Wildman–Crippen MR) is 78.2 cm³/mol. The van der Waals surface area contributed by atoms with E-state index in [1.165, 1.54) is 37.8 Å². The maximum Gasteiger partial charge on any atom is 0.127 e. The Morgan fingerprint density at radius 2 is 2.20 bits per heavy atom. The van der Waals surface area contributed by atoms with Crippen molar-refractivity contribution in [2.75, 3.05) is 0 Å². The molecule has 0 bridgehead atoms. The van der Waals surface area contributed by atoms with Crippen molar-refractivity contribution in [2.45, 2.75) is 63.5 Å². The summed E-state index contributed by atoms with van der Waals surface area (Å²) in [4.78, 5) is 0. The third-order valence-corrected chi connectivity index (χ3v) is 5.12. The first-order valence-corrected chi connectivity index (χ1v) is 7.86. The fraction of sp³-hybridized carbons (Fsp3) is 0.647. The van der Waals surface area contributed by atoms with Crippen molar-refractivity contribution < 1.29 is 9.13 Å². The van der Waals surface area contributed by atoms with E-state index in [9.17, 15) is 4.39 Å². The Morgan fingerprint density at radius 3 is 3.00 bits per heavy atom. The molecule has 110 valence electrons. The van der Waals surface area contributed by atoms with E-state index in [1.807, 2.05) is 0 Å². The molecule has 2 nitrogen and oxygen atoms in total. The lowest BCUT2D eigenvalue weighted by Crippen LogP contribution is -2.42. The summed E-state index contributed by atoms with van der Waals surface area (Å²) in [6.45, 7) is 2.26. The summed E-state index contributed by atoms with van der Waals surface area (Å²) in [6, 6.07) is 4.71. The number of halogens is 1. The monoisotopic (exact) mass is 277 g/mol. The minimum absolute atomic E-state index is 0.0301. The Kier molecular flexibility index (Phi) is 3.72. The molecular formula is C17H24FNO. The first kappa shape index (κ1) is 13.9. The van der Waals surface area contributed by atoms with Crippen molar-refractivity contribution in [2.24, 2.45) is 11.7 Å². The van der Waals surface area contributed by atoms with Gasteiger partial charge in [-0.15, -0.1) is 0 Å². The zero-order chi connectivity index (χ0) is 14.2. The van der Waals surface area contributed by atoms with Gasteiger partial charge in [-0.05, 0) is 37.7 Å². The van der Waals surface area contributed by atoms with Crippen LogP contribution in [0.4, 0.5) is 4.39 Å². The van der Waals surface area contributed by atoms with Gasteiger partial charge in [0.25, 0.3) is 0 Å². The van der Waals surface area contributed by atoms with E-state index in [4.69, 9.17) is 10.5 Å². The number of benzene rings is 1. The number of hydrogen-bond donors (Lipinski definition) is 1. The summed E-state index contributed by atoms with van der Waals surface area (Å²) in [5.41, 5.74) is 7.11. The van der Waals surface area contributed by atoms with Gasteiger partial charge in [0.2, 0.25) is 0 Å². The molecule has 0 amide bonds. The van der Waals surface area contributed by atoms with Crippen molar-refractivity contribution in [1.29, 1.82) is 0 Å². The summed E-state index contributed by atoms with van der Waals surface area (Å²) in [5.74, 6) is 1.23. The highest BCUT2D eigenvalue weighted by atomic mass is 19.1. The van der Waals surface area contributed by atoms with Crippen LogP contribution in [0.2, 0.25) is 0 Å². The largest absolute Gasteiger partial charge is 0.487 e.